The Morgan fingerprint density at radius 1 is 1.54 bits per heavy atom. The first-order chi connectivity index (χ1) is 5.89. The Labute approximate surface area is 71.4 Å². The molecule has 0 aromatic carbocycles. The van der Waals surface area contributed by atoms with Gasteiger partial charge in [0.1, 0.15) is 0 Å². The second-order valence-electron chi connectivity index (χ2n) is 2.56. The van der Waals surface area contributed by atoms with Crippen LogP contribution in [-0.2, 0) is 12.6 Å². The van der Waals surface area contributed by atoms with Crippen molar-refractivity contribution in [3.05, 3.63) is 11.7 Å². The van der Waals surface area contributed by atoms with E-state index in [4.69, 9.17) is 5.11 Å². The smallest absolute Gasteiger partial charge is 0.393 e. The molecule has 1 rings (SSSR count). The molecular formula is C6H7F3N2O2. The van der Waals surface area contributed by atoms with E-state index in [1.54, 1.807) is 0 Å². The van der Waals surface area contributed by atoms with E-state index in [0.717, 1.165) is 0 Å². The van der Waals surface area contributed by atoms with Crippen LogP contribution in [0.4, 0.5) is 13.2 Å². The summed E-state index contributed by atoms with van der Waals surface area (Å²) in [6, 6.07) is 0. The van der Waals surface area contributed by atoms with Crippen molar-refractivity contribution in [1.82, 2.24) is 10.1 Å². The molecule has 1 heterocycles. The fraction of sp³-hybridized carbons (Fsp3) is 0.667. The number of rotatable bonds is 2. The van der Waals surface area contributed by atoms with Gasteiger partial charge in [0.25, 0.3) is 5.82 Å². The van der Waals surface area contributed by atoms with E-state index in [1.165, 1.54) is 6.92 Å². The Morgan fingerprint density at radius 2 is 2.15 bits per heavy atom. The highest BCUT2D eigenvalue weighted by Gasteiger charge is 2.37. The average molecular weight is 196 g/mol. The van der Waals surface area contributed by atoms with E-state index >= 15 is 0 Å². The van der Waals surface area contributed by atoms with Crippen molar-refractivity contribution in [2.45, 2.75) is 25.6 Å². The van der Waals surface area contributed by atoms with Crippen LogP contribution in [0, 0.1) is 0 Å². The third kappa shape index (κ3) is 2.69. The van der Waals surface area contributed by atoms with Crippen molar-refractivity contribution in [2.24, 2.45) is 0 Å². The molecule has 0 radical (unpaired) electrons. The maximum Gasteiger partial charge on any atom is 0.455 e. The van der Waals surface area contributed by atoms with Crippen LogP contribution in [0.25, 0.3) is 0 Å². The van der Waals surface area contributed by atoms with Crippen molar-refractivity contribution >= 4 is 0 Å². The molecule has 0 fully saturated rings. The van der Waals surface area contributed by atoms with Gasteiger partial charge in [0.05, 0.1) is 12.5 Å². The third-order valence-corrected chi connectivity index (χ3v) is 1.19. The lowest BCUT2D eigenvalue weighted by Gasteiger charge is -1.97. The van der Waals surface area contributed by atoms with E-state index in [-0.39, 0.29) is 12.3 Å². The van der Waals surface area contributed by atoms with Gasteiger partial charge in [-0.2, -0.15) is 18.2 Å². The summed E-state index contributed by atoms with van der Waals surface area (Å²) in [5.74, 6) is -1.54. The maximum atomic E-state index is 11.9. The van der Waals surface area contributed by atoms with E-state index in [2.05, 4.69) is 14.7 Å². The number of nitrogens with zero attached hydrogens (tertiary/aromatic N) is 2. The molecule has 0 aliphatic rings. The van der Waals surface area contributed by atoms with Gasteiger partial charge < -0.3 is 9.63 Å². The lowest BCUT2D eigenvalue weighted by atomic mass is 10.3. The minimum atomic E-state index is -4.60. The Bertz CT molecular complexity index is 282. The monoisotopic (exact) mass is 196 g/mol. The highest BCUT2D eigenvalue weighted by molar-refractivity contribution is 4.91. The molecule has 1 aromatic heterocycles. The van der Waals surface area contributed by atoms with E-state index in [0.29, 0.717) is 0 Å². The first-order valence-corrected chi connectivity index (χ1v) is 3.47. The zero-order valence-corrected chi connectivity index (χ0v) is 6.67. The number of hydrogen-bond donors (Lipinski definition) is 1. The van der Waals surface area contributed by atoms with Gasteiger partial charge in [-0.15, -0.1) is 0 Å². The summed E-state index contributed by atoms with van der Waals surface area (Å²) in [6.07, 6.45) is -5.48. The SMILES string of the molecule is CC(O)Cc1nc(C(F)(F)F)no1. The molecule has 1 atom stereocenters. The summed E-state index contributed by atoms with van der Waals surface area (Å²) < 4.78 is 39.9. The number of alkyl halides is 3. The van der Waals surface area contributed by atoms with Gasteiger partial charge in [0.2, 0.25) is 5.89 Å². The first-order valence-electron chi connectivity index (χ1n) is 3.47. The van der Waals surface area contributed by atoms with Crippen LogP contribution in [0.3, 0.4) is 0 Å². The molecule has 0 bridgehead atoms. The summed E-state index contributed by atoms with van der Waals surface area (Å²) >= 11 is 0. The molecule has 1 unspecified atom stereocenters. The number of aliphatic hydroxyl groups excluding tert-OH is 1. The summed E-state index contributed by atoms with van der Waals surface area (Å²) in [4.78, 5) is 3.06. The second kappa shape index (κ2) is 3.33. The molecule has 1 aromatic rings. The van der Waals surface area contributed by atoms with Crippen LogP contribution in [0.15, 0.2) is 4.52 Å². The molecule has 7 heteroatoms. The van der Waals surface area contributed by atoms with Gasteiger partial charge in [-0.25, -0.2) is 0 Å². The van der Waals surface area contributed by atoms with Gasteiger partial charge in [-0.1, -0.05) is 5.16 Å². The average Bonchev–Trinajstić information content (AvgIpc) is 2.32. The maximum absolute atomic E-state index is 11.9. The molecular weight excluding hydrogens is 189 g/mol. The van der Waals surface area contributed by atoms with Crippen molar-refractivity contribution in [2.75, 3.05) is 0 Å². The van der Waals surface area contributed by atoms with Crippen molar-refractivity contribution < 1.29 is 22.8 Å². The third-order valence-electron chi connectivity index (χ3n) is 1.19. The van der Waals surface area contributed by atoms with Gasteiger partial charge in [-0.05, 0) is 6.92 Å². The lowest BCUT2D eigenvalue weighted by Crippen LogP contribution is -2.08. The molecule has 1 N–H and O–H groups in total. The van der Waals surface area contributed by atoms with Crippen LogP contribution in [0.2, 0.25) is 0 Å². The number of aromatic nitrogens is 2. The molecule has 0 saturated heterocycles. The minimum Gasteiger partial charge on any atom is -0.393 e. The molecule has 4 nitrogen and oxygen atoms in total. The molecule has 0 aliphatic heterocycles. The summed E-state index contributed by atoms with van der Waals surface area (Å²) in [6.45, 7) is 1.41. The topological polar surface area (TPSA) is 59.2 Å². The zero-order chi connectivity index (χ0) is 10.1. The Morgan fingerprint density at radius 3 is 2.54 bits per heavy atom. The van der Waals surface area contributed by atoms with Gasteiger partial charge in [0, 0.05) is 0 Å². The number of hydrogen-bond acceptors (Lipinski definition) is 4. The van der Waals surface area contributed by atoms with Gasteiger partial charge in [0.15, 0.2) is 0 Å². The van der Waals surface area contributed by atoms with Crippen LogP contribution < -0.4 is 0 Å². The highest BCUT2D eigenvalue weighted by atomic mass is 19.4. The molecule has 74 valence electrons. The van der Waals surface area contributed by atoms with Crippen LogP contribution in [-0.4, -0.2) is 21.4 Å². The van der Waals surface area contributed by atoms with Crippen LogP contribution in [0.5, 0.6) is 0 Å². The minimum absolute atomic E-state index is 0.0803. The molecule has 0 saturated carbocycles. The lowest BCUT2D eigenvalue weighted by molar-refractivity contribution is -0.146. The molecule has 0 aliphatic carbocycles. The summed E-state index contributed by atoms with van der Waals surface area (Å²) in [5, 5.41) is 11.5. The molecule has 0 spiro atoms. The molecule has 0 amide bonds. The number of halogens is 3. The summed E-state index contributed by atoms with van der Waals surface area (Å²) in [5.41, 5.74) is 0. The molecule has 13 heavy (non-hydrogen) atoms. The van der Waals surface area contributed by atoms with Crippen molar-refractivity contribution in [3.8, 4) is 0 Å². The predicted octanol–water partition coefficient (Wildman–Crippen LogP) is 1.01. The second-order valence-corrected chi connectivity index (χ2v) is 2.56. The van der Waals surface area contributed by atoms with E-state index in [1.807, 2.05) is 0 Å². The normalized spacial score (nSPS) is 14.5. The van der Waals surface area contributed by atoms with Crippen molar-refractivity contribution in [1.29, 1.82) is 0 Å². The van der Waals surface area contributed by atoms with Crippen LogP contribution in [0.1, 0.15) is 18.6 Å². The first kappa shape index (κ1) is 9.97. The highest BCUT2D eigenvalue weighted by Crippen LogP contribution is 2.26. The van der Waals surface area contributed by atoms with Gasteiger partial charge >= 0.3 is 6.18 Å². The van der Waals surface area contributed by atoms with E-state index in [9.17, 15) is 13.2 Å². The summed E-state index contributed by atoms with van der Waals surface area (Å²) in [7, 11) is 0. The van der Waals surface area contributed by atoms with Gasteiger partial charge in [-0.3, -0.25) is 0 Å². The standard InChI is InChI=1S/C6H7F3N2O2/c1-3(12)2-4-10-5(11-13-4)6(7,8)9/h3,12H,2H2,1H3. The largest absolute Gasteiger partial charge is 0.455 e. The van der Waals surface area contributed by atoms with Crippen molar-refractivity contribution in [3.63, 3.8) is 0 Å². The Kier molecular flexibility index (Phi) is 2.55. The quantitative estimate of drug-likeness (QED) is 0.766. The van der Waals surface area contributed by atoms with Crippen LogP contribution >= 0.6 is 0 Å². The Hall–Kier alpha value is -1.11. The fourth-order valence-corrected chi connectivity index (χ4v) is 0.706. The fourth-order valence-electron chi connectivity index (χ4n) is 0.706. The number of aliphatic hydroxyl groups is 1. The predicted molar refractivity (Wildman–Crippen MR) is 34.7 cm³/mol. The van der Waals surface area contributed by atoms with E-state index < -0.39 is 18.1 Å². The zero-order valence-electron chi connectivity index (χ0n) is 6.67. The Balaban J connectivity index is 2.75.